The van der Waals surface area contributed by atoms with Gasteiger partial charge in [0.1, 0.15) is 5.82 Å². The lowest BCUT2D eigenvalue weighted by Gasteiger charge is -2.40. The van der Waals surface area contributed by atoms with Crippen LogP contribution >= 0.6 is 0 Å². The Balaban J connectivity index is 1.08. The first-order valence-electron chi connectivity index (χ1n) is 27.1. The third kappa shape index (κ3) is 9.28. The van der Waals surface area contributed by atoms with Crippen molar-refractivity contribution in [2.45, 2.75) is 0 Å². The number of nitrogens with zero attached hydrogens (tertiary/aromatic N) is 9. The standard InChI is InChI=1S/C73H47N9/c74-48-49-39-41-54(42-40-49)69-57(62-46-60(52-27-11-3-12-28-52)75-71(79-62)55-31-15-5-16-32-55)43-44-67(70(69)73-77-58(50-23-7-1-8-24-50)45-59(78-73)51-25-9-2-10-26-51)81-63-35-19-21-37-65(63)82(66-38-22-20-36-64(66)81)68-47-61(53-29-13-4-14-30-53)76-72(80-68)56-33-17-6-18-34-56/h1-47H. The minimum Gasteiger partial charge on any atom is -0.306 e. The minimum atomic E-state index is 0.491. The van der Waals surface area contributed by atoms with Crippen LogP contribution in [0.5, 0.6) is 0 Å². The average molecular weight is 1050 g/mol. The summed E-state index contributed by atoms with van der Waals surface area (Å²) in [5.41, 5.74) is 17.5. The van der Waals surface area contributed by atoms with E-state index in [-0.39, 0.29) is 0 Å². The summed E-state index contributed by atoms with van der Waals surface area (Å²) in [6, 6.07) is 98.9. The second-order valence-corrected chi connectivity index (χ2v) is 19.8. The van der Waals surface area contributed by atoms with E-state index in [1.807, 2.05) is 146 Å². The quantitative estimate of drug-likeness (QED) is 0.125. The Bertz CT molecular complexity index is 4280. The topological polar surface area (TPSA) is 108 Å². The normalized spacial score (nSPS) is 11.6. The Kier molecular flexibility index (Phi) is 12.8. The molecule has 9 nitrogen and oxygen atoms in total. The molecule has 0 atom stereocenters. The zero-order chi connectivity index (χ0) is 54.8. The van der Waals surface area contributed by atoms with Crippen LogP contribution < -0.4 is 9.80 Å². The van der Waals surface area contributed by atoms with Gasteiger partial charge in [0.15, 0.2) is 17.5 Å². The number of rotatable bonds is 11. The Hall–Kier alpha value is -11.5. The molecule has 0 aliphatic carbocycles. The van der Waals surface area contributed by atoms with Crippen molar-refractivity contribution in [3.05, 3.63) is 291 Å². The molecule has 9 heteroatoms. The molecule has 0 fully saturated rings. The molecule has 0 N–H and O–H groups in total. The zero-order valence-corrected chi connectivity index (χ0v) is 44.2. The molecular formula is C73H47N9. The Morgan fingerprint density at radius 3 is 1.05 bits per heavy atom. The van der Waals surface area contributed by atoms with Gasteiger partial charge in [0.25, 0.3) is 0 Å². The maximum atomic E-state index is 10.3. The molecule has 0 unspecified atom stereocenters. The van der Waals surface area contributed by atoms with Gasteiger partial charge in [-0.25, -0.2) is 29.9 Å². The maximum Gasteiger partial charge on any atom is 0.163 e. The summed E-state index contributed by atoms with van der Waals surface area (Å²) in [6.45, 7) is 0. The lowest BCUT2D eigenvalue weighted by atomic mass is 9.88. The van der Waals surface area contributed by atoms with Crippen LogP contribution in [0, 0.1) is 11.3 Å². The number of hydrogen-bond acceptors (Lipinski definition) is 9. The summed E-state index contributed by atoms with van der Waals surface area (Å²) >= 11 is 0. The SMILES string of the molecule is N#Cc1ccc(-c2c(-c3cc(-c4ccccc4)nc(-c4ccccc4)n3)ccc(N3c4ccccc4N(c4cc(-c5ccccc5)nc(-c5ccccc5)n4)c4ccccc43)c2-c2nc(-c3ccccc3)cc(-c3ccccc3)n2)cc1. The van der Waals surface area contributed by atoms with E-state index in [1.165, 1.54) is 0 Å². The van der Waals surface area contributed by atoms with Crippen molar-refractivity contribution in [2.75, 3.05) is 9.80 Å². The van der Waals surface area contributed by atoms with Gasteiger partial charge in [-0.1, -0.05) is 224 Å². The lowest BCUT2D eigenvalue weighted by molar-refractivity contribution is 1.09. The molecule has 82 heavy (non-hydrogen) atoms. The van der Waals surface area contributed by atoms with E-state index in [2.05, 4.69) is 155 Å². The van der Waals surface area contributed by atoms with Crippen LogP contribution in [0.2, 0.25) is 0 Å². The van der Waals surface area contributed by atoms with Crippen LogP contribution in [0.1, 0.15) is 5.56 Å². The highest BCUT2D eigenvalue weighted by atomic mass is 15.3. The summed E-state index contributed by atoms with van der Waals surface area (Å²) in [4.78, 5) is 37.1. The highest BCUT2D eigenvalue weighted by Crippen LogP contribution is 2.57. The Labute approximate surface area is 475 Å². The van der Waals surface area contributed by atoms with E-state index in [0.717, 1.165) is 107 Å². The number of aromatic nitrogens is 6. The number of para-hydroxylation sites is 4. The first-order valence-corrected chi connectivity index (χ1v) is 27.1. The van der Waals surface area contributed by atoms with Gasteiger partial charge in [0.2, 0.25) is 0 Å². The molecule has 1 aliphatic rings. The van der Waals surface area contributed by atoms with Gasteiger partial charge in [-0.15, -0.1) is 0 Å². The molecule has 3 aromatic heterocycles. The predicted molar refractivity (Wildman–Crippen MR) is 330 cm³/mol. The van der Waals surface area contributed by atoms with E-state index >= 15 is 0 Å². The third-order valence-electron chi connectivity index (χ3n) is 14.7. The fourth-order valence-corrected chi connectivity index (χ4v) is 10.8. The fourth-order valence-electron chi connectivity index (χ4n) is 10.8. The van der Waals surface area contributed by atoms with Crippen molar-refractivity contribution in [1.29, 1.82) is 5.26 Å². The molecule has 0 spiro atoms. The van der Waals surface area contributed by atoms with E-state index in [4.69, 9.17) is 29.9 Å². The van der Waals surface area contributed by atoms with E-state index in [0.29, 0.717) is 34.5 Å². The summed E-state index contributed by atoms with van der Waals surface area (Å²) < 4.78 is 0. The highest BCUT2D eigenvalue weighted by molar-refractivity contribution is 6.07. The van der Waals surface area contributed by atoms with Crippen LogP contribution in [-0.4, -0.2) is 29.9 Å². The van der Waals surface area contributed by atoms with Crippen molar-refractivity contribution in [3.8, 4) is 108 Å². The largest absolute Gasteiger partial charge is 0.306 e. The minimum absolute atomic E-state index is 0.491. The van der Waals surface area contributed by atoms with E-state index < -0.39 is 0 Å². The molecule has 1 aliphatic heterocycles. The molecule has 10 aromatic carbocycles. The van der Waals surface area contributed by atoms with Crippen molar-refractivity contribution in [2.24, 2.45) is 0 Å². The van der Waals surface area contributed by atoms with Crippen molar-refractivity contribution in [1.82, 2.24) is 29.9 Å². The number of nitriles is 1. The molecule has 0 saturated heterocycles. The van der Waals surface area contributed by atoms with Crippen molar-refractivity contribution >= 4 is 34.3 Å². The first kappa shape index (κ1) is 48.9. The first-order chi connectivity index (χ1) is 40.6. The maximum absolute atomic E-state index is 10.3. The van der Waals surface area contributed by atoms with E-state index in [1.54, 1.807) is 0 Å². The van der Waals surface area contributed by atoms with Gasteiger partial charge in [-0.05, 0) is 60.2 Å². The number of hydrogen-bond donors (Lipinski definition) is 0. The second-order valence-electron chi connectivity index (χ2n) is 19.8. The predicted octanol–water partition coefficient (Wildman–Crippen LogP) is 18.2. The third-order valence-corrected chi connectivity index (χ3v) is 14.7. The molecule has 4 heterocycles. The van der Waals surface area contributed by atoms with Gasteiger partial charge in [-0.3, -0.25) is 4.90 Å². The van der Waals surface area contributed by atoms with Gasteiger partial charge >= 0.3 is 0 Å². The molecule has 13 aromatic rings. The molecule has 0 radical (unpaired) electrons. The van der Waals surface area contributed by atoms with Crippen LogP contribution in [0.25, 0.3) is 102 Å². The monoisotopic (exact) mass is 1050 g/mol. The average Bonchev–Trinajstić information content (AvgIpc) is 2.51. The van der Waals surface area contributed by atoms with Gasteiger partial charge in [0.05, 0.1) is 74.1 Å². The molecular weight excluding hydrogens is 1000 g/mol. The summed E-state index contributed by atoms with van der Waals surface area (Å²) in [6.07, 6.45) is 0. The van der Waals surface area contributed by atoms with Gasteiger partial charge in [-0.2, -0.15) is 5.26 Å². The number of anilines is 6. The fraction of sp³-hybridized carbons (Fsp3) is 0. The van der Waals surface area contributed by atoms with Gasteiger partial charge in [0, 0.05) is 50.6 Å². The highest BCUT2D eigenvalue weighted by Gasteiger charge is 2.35. The second kappa shape index (κ2) is 21.4. The molecule has 0 bridgehead atoms. The van der Waals surface area contributed by atoms with Crippen molar-refractivity contribution < 1.29 is 0 Å². The van der Waals surface area contributed by atoms with Crippen LogP contribution in [0.15, 0.2) is 285 Å². The van der Waals surface area contributed by atoms with Crippen LogP contribution in [0.4, 0.5) is 34.3 Å². The zero-order valence-electron chi connectivity index (χ0n) is 44.2. The number of fused-ring (bicyclic) bond motifs is 2. The Morgan fingerprint density at radius 1 is 0.256 bits per heavy atom. The molecule has 0 amide bonds. The van der Waals surface area contributed by atoms with Crippen LogP contribution in [-0.2, 0) is 0 Å². The van der Waals surface area contributed by atoms with Gasteiger partial charge < -0.3 is 4.90 Å². The summed E-state index contributed by atoms with van der Waals surface area (Å²) in [5, 5.41) is 10.3. The van der Waals surface area contributed by atoms with Crippen molar-refractivity contribution in [3.63, 3.8) is 0 Å². The molecule has 14 rings (SSSR count). The molecule has 384 valence electrons. The Morgan fingerprint density at radius 2 is 0.610 bits per heavy atom. The summed E-state index contributed by atoms with van der Waals surface area (Å²) in [7, 11) is 0. The molecule has 0 saturated carbocycles. The van der Waals surface area contributed by atoms with E-state index in [9.17, 15) is 5.26 Å². The number of benzene rings is 10. The smallest absolute Gasteiger partial charge is 0.163 e. The lowest BCUT2D eigenvalue weighted by Crippen LogP contribution is -2.25. The van der Waals surface area contributed by atoms with Crippen LogP contribution in [0.3, 0.4) is 0 Å². The summed E-state index contributed by atoms with van der Waals surface area (Å²) in [5.74, 6) is 2.39.